The summed E-state index contributed by atoms with van der Waals surface area (Å²) in [6, 6.07) is 48.6. The smallest absolute Gasteiger partial charge is 0.161 e. The molecule has 10 rings (SSSR count). The second kappa shape index (κ2) is 13.9. The molecule has 0 bridgehead atoms. The molecule has 0 saturated heterocycles. The van der Waals surface area contributed by atoms with Crippen molar-refractivity contribution in [1.29, 1.82) is 5.26 Å². The van der Waals surface area contributed by atoms with Gasteiger partial charge in [-0.3, -0.25) is 0 Å². The van der Waals surface area contributed by atoms with Crippen LogP contribution in [0.2, 0.25) is 0 Å². The maximum absolute atomic E-state index is 11.3. The van der Waals surface area contributed by atoms with Crippen LogP contribution in [-0.4, -0.2) is 19.1 Å². The fourth-order valence-electron chi connectivity index (χ4n) is 10.1. The molecule has 0 N–H and O–H groups in total. The summed E-state index contributed by atoms with van der Waals surface area (Å²) in [5, 5.41) is 15.8. The van der Waals surface area contributed by atoms with Gasteiger partial charge in [-0.15, -0.1) is 0 Å². The van der Waals surface area contributed by atoms with Crippen LogP contribution < -0.4 is 0 Å². The molecule has 60 heavy (non-hydrogen) atoms. The van der Waals surface area contributed by atoms with E-state index in [9.17, 15) is 5.26 Å². The lowest BCUT2D eigenvalue weighted by molar-refractivity contribution is 1.05. The Morgan fingerprint density at radius 3 is 1.33 bits per heavy atom. The molecule has 10 aromatic rings. The molecule has 3 heterocycles. The Bertz CT molecular complexity index is 3410. The SMILES string of the molecule is Cc1cc(C)c(-c2ccc3c4ccccc4n(-c4cc(-c5nc(C)cc(C)n5)c(-n5c6ccccc6c6ccc(-c7c(C)cc(C)cc7C)cc65)cc4C#N)c3c2)c(C)c1. The van der Waals surface area contributed by atoms with Crippen LogP contribution in [0.3, 0.4) is 0 Å². The first-order chi connectivity index (χ1) is 29.0. The zero-order valence-electron chi connectivity index (χ0n) is 35.4. The van der Waals surface area contributed by atoms with Gasteiger partial charge in [0.2, 0.25) is 0 Å². The third kappa shape index (κ3) is 5.82. The van der Waals surface area contributed by atoms with Gasteiger partial charge in [-0.1, -0.05) is 96.1 Å². The Balaban J connectivity index is 1.32. The number of hydrogen-bond acceptors (Lipinski definition) is 3. The highest BCUT2D eigenvalue weighted by molar-refractivity contribution is 6.12. The van der Waals surface area contributed by atoms with E-state index in [1.54, 1.807) is 0 Å². The molecule has 7 aromatic carbocycles. The van der Waals surface area contributed by atoms with Crippen molar-refractivity contribution in [1.82, 2.24) is 19.1 Å². The number of para-hydroxylation sites is 2. The number of rotatable bonds is 5. The van der Waals surface area contributed by atoms with E-state index < -0.39 is 0 Å². The standard InChI is InChI=1S/C55H45N5/c1-31-21-33(3)53(34(4)22-31)39-17-19-44-42-13-9-11-15-47(42)59(50(44)26-39)49-29-46(55-57-37(7)25-38(8)58-55)52(28-41(49)30-56)60-48-16-12-10-14-43(48)45-20-18-40(27-51(45)60)54-35(5)23-32(2)24-36(54)6/h9-29H,1-8H3. The summed E-state index contributed by atoms with van der Waals surface area (Å²) in [6.45, 7) is 17.1. The monoisotopic (exact) mass is 775 g/mol. The van der Waals surface area contributed by atoms with Gasteiger partial charge < -0.3 is 9.13 Å². The lowest BCUT2D eigenvalue weighted by Crippen LogP contribution is -2.06. The fourth-order valence-corrected chi connectivity index (χ4v) is 10.1. The number of fused-ring (bicyclic) bond motifs is 6. The zero-order chi connectivity index (χ0) is 41.6. The first-order valence-electron chi connectivity index (χ1n) is 20.6. The fraction of sp³-hybridized carbons (Fsp3) is 0.145. The molecule has 5 nitrogen and oxygen atoms in total. The van der Waals surface area contributed by atoms with Crippen molar-refractivity contribution in [2.24, 2.45) is 0 Å². The summed E-state index contributed by atoms with van der Waals surface area (Å²) in [6.07, 6.45) is 0. The molecule has 0 radical (unpaired) electrons. The van der Waals surface area contributed by atoms with Gasteiger partial charge in [0, 0.05) is 38.5 Å². The molecular formula is C55H45N5. The molecule has 0 amide bonds. The quantitative estimate of drug-likeness (QED) is 0.175. The molecule has 0 unspecified atom stereocenters. The molecule has 0 spiro atoms. The number of aromatic nitrogens is 4. The van der Waals surface area contributed by atoms with Crippen LogP contribution >= 0.6 is 0 Å². The average molecular weight is 776 g/mol. The van der Waals surface area contributed by atoms with Gasteiger partial charge in [-0.25, -0.2) is 9.97 Å². The summed E-state index contributed by atoms with van der Waals surface area (Å²) >= 11 is 0. The van der Waals surface area contributed by atoms with E-state index in [0.29, 0.717) is 11.4 Å². The van der Waals surface area contributed by atoms with Crippen LogP contribution in [0.25, 0.3) is 88.6 Å². The third-order valence-electron chi connectivity index (χ3n) is 12.2. The molecule has 3 aromatic heterocycles. The van der Waals surface area contributed by atoms with Crippen molar-refractivity contribution < 1.29 is 0 Å². The van der Waals surface area contributed by atoms with Crippen LogP contribution in [0.1, 0.15) is 50.3 Å². The Kier molecular flexibility index (Phi) is 8.59. The lowest BCUT2D eigenvalue weighted by Gasteiger charge is -2.19. The second-order valence-electron chi connectivity index (χ2n) is 16.7. The van der Waals surface area contributed by atoms with E-state index in [0.717, 1.165) is 83.1 Å². The van der Waals surface area contributed by atoms with E-state index in [2.05, 4.69) is 178 Å². The molecule has 0 aliphatic carbocycles. The summed E-state index contributed by atoms with van der Waals surface area (Å²) in [7, 11) is 0. The van der Waals surface area contributed by atoms with Gasteiger partial charge in [-0.2, -0.15) is 5.26 Å². The highest BCUT2D eigenvalue weighted by atomic mass is 15.0. The van der Waals surface area contributed by atoms with Gasteiger partial charge in [0.25, 0.3) is 0 Å². The first kappa shape index (κ1) is 37.0. The van der Waals surface area contributed by atoms with Gasteiger partial charge in [0.05, 0.1) is 39.0 Å². The van der Waals surface area contributed by atoms with E-state index in [1.165, 1.54) is 44.5 Å². The van der Waals surface area contributed by atoms with Crippen LogP contribution in [-0.2, 0) is 0 Å². The summed E-state index contributed by atoms with van der Waals surface area (Å²) in [5.41, 5.74) is 21.3. The Labute approximate surface area is 350 Å². The van der Waals surface area contributed by atoms with Crippen molar-refractivity contribution in [3.63, 3.8) is 0 Å². The molecule has 5 heteroatoms. The molecule has 290 valence electrons. The first-order valence-corrected chi connectivity index (χ1v) is 20.6. The van der Waals surface area contributed by atoms with Crippen LogP contribution in [0.15, 0.2) is 127 Å². The Morgan fingerprint density at radius 2 is 0.867 bits per heavy atom. The number of hydrogen-bond donors (Lipinski definition) is 0. The summed E-state index contributed by atoms with van der Waals surface area (Å²) < 4.78 is 4.59. The van der Waals surface area contributed by atoms with Crippen molar-refractivity contribution in [3.05, 3.63) is 178 Å². The van der Waals surface area contributed by atoms with Crippen molar-refractivity contribution in [2.75, 3.05) is 0 Å². The lowest BCUT2D eigenvalue weighted by atomic mass is 9.93. The summed E-state index contributed by atoms with van der Waals surface area (Å²) in [5.74, 6) is 0.618. The van der Waals surface area contributed by atoms with Gasteiger partial charge in [-0.05, 0) is 142 Å². The van der Waals surface area contributed by atoms with Gasteiger partial charge in [0.1, 0.15) is 6.07 Å². The molecule has 0 fully saturated rings. The van der Waals surface area contributed by atoms with Crippen LogP contribution in [0.4, 0.5) is 0 Å². The normalized spacial score (nSPS) is 11.7. The van der Waals surface area contributed by atoms with Crippen molar-refractivity contribution >= 4 is 43.6 Å². The van der Waals surface area contributed by atoms with Gasteiger partial charge in [0.15, 0.2) is 5.82 Å². The van der Waals surface area contributed by atoms with E-state index in [-0.39, 0.29) is 0 Å². The molecular weight excluding hydrogens is 731 g/mol. The average Bonchev–Trinajstić information content (AvgIpc) is 3.71. The molecule has 0 atom stereocenters. The van der Waals surface area contributed by atoms with Crippen molar-refractivity contribution in [2.45, 2.75) is 55.4 Å². The minimum atomic E-state index is 0.557. The van der Waals surface area contributed by atoms with E-state index in [4.69, 9.17) is 9.97 Å². The Morgan fingerprint density at radius 1 is 0.433 bits per heavy atom. The van der Waals surface area contributed by atoms with Crippen molar-refractivity contribution in [3.8, 4) is 51.1 Å². The highest BCUT2D eigenvalue weighted by Gasteiger charge is 2.24. The Hall–Kier alpha value is -7.29. The maximum Gasteiger partial charge on any atom is 0.161 e. The zero-order valence-corrected chi connectivity index (χ0v) is 35.4. The largest absolute Gasteiger partial charge is 0.308 e. The molecule has 0 saturated carbocycles. The third-order valence-corrected chi connectivity index (χ3v) is 12.2. The van der Waals surface area contributed by atoms with Crippen LogP contribution in [0.5, 0.6) is 0 Å². The molecule has 0 aliphatic heterocycles. The van der Waals surface area contributed by atoms with E-state index in [1.807, 2.05) is 19.9 Å². The minimum Gasteiger partial charge on any atom is -0.308 e. The van der Waals surface area contributed by atoms with E-state index >= 15 is 0 Å². The van der Waals surface area contributed by atoms with Crippen LogP contribution in [0, 0.1) is 66.7 Å². The summed E-state index contributed by atoms with van der Waals surface area (Å²) in [4.78, 5) is 10.2. The maximum atomic E-state index is 11.3. The topological polar surface area (TPSA) is 59.4 Å². The number of nitriles is 1. The second-order valence-corrected chi connectivity index (χ2v) is 16.7. The van der Waals surface area contributed by atoms with Gasteiger partial charge >= 0.3 is 0 Å². The predicted octanol–water partition coefficient (Wildman–Crippen LogP) is 14.0. The number of nitrogens with zero attached hydrogens (tertiary/aromatic N) is 5. The number of benzene rings is 7. The number of aryl methyl sites for hydroxylation is 8. The molecule has 0 aliphatic rings. The predicted molar refractivity (Wildman–Crippen MR) is 250 cm³/mol. The highest BCUT2D eigenvalue weighted by Crippen LogP contribution is 2.42. The minimum absolute atomic E-state index is 0.557.